The van der Waals surface area contributed by atoms with Crippen molar-refractivity contribution >= 4 is 5.91 Å². The highest BCUT2D eigenvalue weighted by Crippen LogP contribution is 2.36. The van der Waals surface area contributed by atoms with Gasteiger partial charge in [-0.15, -0.1) is 0 Å². The molecule has 1 aliphatic heterocycles. The number of hydrogen-bond donors (Lipinski definition) is 2. The Morgan fingerprint density at radius 1 is 1.44 bits per heavy atom. The van der Waals surface area contributed by atoms with E-state index < -0.39 is 5.60 Å². The summed E-state index contributed by atoms with van der Waals surface area (Å²) in [6, 6.07) is 7.47. The Morgan fingerprint density at radius 2 is 2.22 bits per heavy atom. The Kier molecular flexibility index (Phi) is 2.74. The van der Waals surface area contributed by atoms with Gasteiger partial charge in [-0.05, 0) is 18.9 Å². The van der Waals surface area contributed by atoms with Crippen molar-refractivity contribution < 1.29 is 14.6 Å². The number of rotatable bonds is 3. The summed E-state index contributed by atoms with van der Waals surface area (Å²) in [5.74, 6) is 0.947. The van der Waals surface area contributed by atoms with Crippen molar-refractivity contribution in [3.63, 3.8) is 0 Å². The molecule has 3 rings (SSSR count). The van der Waals surface area contributed by atoms with E-state index in [1.54, 1.807) is 0 Å². The molecular formula is C14H17NO3. The Bertz CT molecular complexity index is 470. The number of hydrogen-bond acceptors (Lipinski definition) is 3. The number of nitrogens with one attached hydrogen (secondary N) is 1. The van der Waals surface area contributed by atoms with Crippen molar-refractivity contribution in [3.8, 4) is 5.75 Å². The zero-order chi connectivity index (χ0) is 12.6. The maximum absolute atomic E-state index is 11.6. The van der Waals surface area contributed by atoms with Gasteiger partial charge in [-0.1, -0.05) is 18.2 Å². The summed E-state index contributed by atoms with van der Waals surface area (Å²) in [7, 11) is 0. The van der Waals surface area contributed by atoms with Crippen molar-refractivity contribution in [2.75, 3.05) is 13.2 Å². The predicted octanol–water partition coefficient (Wildman–Crippen LogP) is 1.18. The van der Waals surface area contributed by atoms with Crippen molar-refractivity contribution in [2.24, 2.45) is 5.92 Å². The minimum absolute atomic E-state index is 0.0624. The van der Waals surface area contributed by atoms with Crippen LogP contribution in [-0.2, 0) is 10.4 Å². The highest BCUT2D eigenvalue weighted by atomic mass is 16.5. The quantitative estimate of drug-likeness (QED) is 0.843. The maximum atomic E-state index is 11.6. The SMILES string of the molecule is O=C(NCC1(O)CCOc2ccccc21)C1CC1. The third kappa shape index (κ3) is 2.08. The summed E-state index contributed by atoms with van der Waals surface area (Å²) in [4.78, 5) is 11.6. The van der Waals surface area contributed by atoms with E-state index >= 15 is 0 Å². The minimum atomic E-state index is -1.00. The molecule has 96 valence electrons. The van der Waals surface area contributed by atoms with E-state index in [1.807, 2.05) is 24.3 Å². The molecule has 4 nitrogen and oxygen atoms in total. The summed E-state index contributed by atoms with van der Waals surface area (Å²) < 4.78 is 5.51. The summed E-state index contributed by atoms with van der Waals surface area (Å²) in [6.07, 6.45) is 2.46. The van der Waals surface area contributed by atoms with Crippen LogP contribution in [0.2, 0.25) is 0 Å². The number of carbonyl (C=O) groups excluding carboxylic acids is 1. The Morgan fingerprint density at radius 3 is 3.00 bits per heavy atom. The molecule has 1 saturated carbocycles. The van der Waals surface area contributed by atoms with Crippen LogP contribution >= 0.6 is 0 Å². The van der Waals surface area contributed by atoms with Gasteiger partial charge in [0.05, 0.1) is 13.2 Å². The lowest BCUT2D eigenvalue weighted by atomic mass is 9.88. The molecule has 1 aliphatic carbocycles. The molecule has 0 spiro atoms. The van der Waals surface area contributed by atoms with Gasteiger partial charge in [-0.3, -0.25) is 4.79 Å². The van der Waals surface area contributed by atoms with Crippen molar-refractivity contribution in [1.29, 1.82) is 0 Å². The topological polar surface area (TPSA) is 58.6 Å². The molecule has 0 bridgehead atoms. The highest BCUT2D eigenvalue weighted by molar-refractivity contribution is 5.80. The Labute approximate surface area is 106 Å². The minimum Gasteiger partial charge on any atom is -0.493 e. The second-order valence-electron chi connectivity index (χ2n) is 5.12. The van der Waals surface area contributed by atoms with E-state index in [-0.39, 0.29) is 18.4 Å². The number of ether oxygens (including phenoxy) is 1. The zero-order valence-corrected chi connectivity index (χ0v) is 10.2. The largest absolute Gasteiger partial charge is 0.493 e. The molecule has 2 aliphatic rings. The first-order chi connectivity index (χ1) is 8.69. The second-order valence-corrected chi connectivity index (χ2v) is 5.12. The number of carbonyl (C=O) groups is 1. The smallest absolute Gasteiger partial charge is 0.223 e. The van der Waals surface area contributed by atoms with Crippen molar-refractivity contribution in [2.45, 2.75) is 24.9 Å². The normalized spacial score (nSPS) is 26.1. The first-order valence-electron chi connectivity index (χ1n) is 6.41. The first kappa shape index (κ1) is 11.5. The van der Waals surface area contributed by atoms with E-state index in [4.69, 9.17) is 4.74 Å². The molecule has 1 atom stereocenters. The fourth-order valence-corrected chi connectivity index (χ4v) is 2.35. The standard InChI is InChI=1S/C14H17NO3/c16-13(10-5-6-10)15-9-14(17)7-8-18-12-4-2-1-3-11(12)14/h1-4,10,17H,5-9H2,(H,15,16). The molecule has 18 heavy (non-hydrogen) atoms. The number of amides is 1. The van der Waals surface area contributed by atoms with Gasteiger partial charge in [0.25, 0.3) is 0 Å². The molecule has 0 saturated heterocycles. The van der Waals surface area contributed by atoms with Crippen LogP contribution in [-0.4, -0.2) is 24.2 Å². The van der Waals surface area contributed by atoms with Crippen LogP contribution in [0.25, 0.3) is 0 Å². The number of benzene rings is 1. The van der Waals surface area contributed by atoms with Crippen LogP contribution < -0.4 is 10.1 Å². The first-order valence-corrected chi connectivity index (χ1v) is 6.41. The maximum Gasteiger partial charge on any atom is 0.223 e. The van der Waals surface area contributed by atoms with Crippen LogP contribution in [0.4, 0.5) is 0 Å². The average Bonchev–Trinajstić information content (AvgIpc) is 3.21. The van der Waals surface area contributed by atoms with Crippen LogP contribution in [0.1, 0.15) is 24.8 Å². The van der Waals surface area contributed by atoms with Gasteiger partial charge in [0.2, 0.25) is 5.91 Å². The third-order valence-electron chi connectivity index (χ3n) is 3.66. The van der Waals surface area contributed by atoms with Gasteiger partial charge in [0.1, 0.15) is 11.4 Å². The lowest BCUT2D eigenvalue weighted by Gasteiger charge is -2.34. The van der Waals surface area contributed by atoms with Crippen LogP contribution in [0.15, 0.2) is 24.3 Å². The molecule has 4 heteroatoms. The molecule has 1 aromatic rings. The van der Waals surface area contributed by atoms with Gasteiger partial charge >= 0.3 is 0 Å². The highest BCUT2D eigenvalue weighted by Gasteiger charge is 2.37. The number of fused-ring (bicyclic) bond motifs is 1. The summed E-state index contributed by atoms with van der Waals surface area (Å²) in [5, 5.41) is 13.5. The van der Waals surface area contributed by atoms with E-state index in [0.717, 1.165) is 18.4 Å². The van der Waals surface area contributed by atoms with Crippen LogP contribution in [0.5, 0.6) is 5.75 Å². The molecule has 1 heterocycles. The molecule has 1 aromatic carbocycles. The fourth-order valence-electron chi connectivity index (χ4n) is 2.35. The summed E-state index contributed by atoms with van der Waals surface area (Å²) in [5.41, 5.74) is -0.230. The lowest BCUT2D eigenvalue weighted by Crippen LogP contribution is -2.44. The van der Waals surface area contributed by atoms with Crippen LogP contribution in [0, 0.1) is 5.92 Å². The zero-order valence-electron chi connectivity index (χ0n) is 10.2. The molecule has 1 fully saturated rings. The Balaban J connectivity index is 1.75. The summed E-state index contributed by atoms with van der Waals surface area (Å²) >= 11 is 0. The molecule has 1 unspecified atom stereocenters. The molecule has 1 amide bonds. The van der Waals surface area contributed by atoms with Gasteiger partial charge in [-0.2, -0.15) is 0 Å². The number of para-hydroxylation sites is 1. The van der Waals surface area contributed by atoms with E-state index in [0.29, 0.717) is 18.8 Å². The Hall–Kier alpha value is -1.55. The van der Waals surface area contributed by atoms with Gasteiger partial charge in [-0.25, -0.2) is 0 Å². The van der Waals surface area contributed by atoms with Crippen molar-refractivity contribution in [1.82, 2.24) is 5.32 Å². The average molecular weight is 247 g/mol. The lowest BCUT2D eigenvalue weighted by molar-refractivity contribution is -0.124. The van der Waals surface area contributed by atoms with E-state index in [1.165, 1.54) is 0 Å². The molecule has 0 radical (unpaired) electrons. The fraction of sp³-hybridized carbons (Fsp3) is 0.500. The molecule has 0 aromatic heterocycles. The van der Waals surface area contributed by atoms with E-state index in [9.17, 15) is 9.90 Å². The number of aliphatic hydroxyl groups is 1. The van der Waals surface area contributed by atoms with E-state index in [2.05, 4.69) is 5.32 Å². The summed E-state index contributed by atoms with van der Waals surface area (Å²) in [6.45, 7) is 0.746. The monoisotopic (exact) mass is 247 g/mol. The third-order valence-corrected chi connectivity index (χ3v) is 3.66. The predicted molar refractivity (Wildman–Crippen MR) is 66.2 cm³/mol. The van der Waals surface area contributed by atoms with Gasteiger partial charge in [0, 0.05) is 17.9 Å². The molecule has 2 N–H and O–H groups in total. The molecular weight excluding hydrogens is 230 g/mol. The second kappa shape index (κ2) is 4.28. The van der Waals surface area contributed by atoms with Crippen LogP contribution in [0.3, 0.4) is 0 Å². The van der Waals surface area contributed by atoms with Crippen molar-refractivity contribution in [3.05, 3.63) is 29.8 Å². The van der Waals surface area contributed by atoms with Gasteiger partial charge in [0.15, 0.2) is 0 Å². The van der Waals surface area contributed by atoms with Gasteiger partial charge < -0.3 is 15.2 Å².